The van der Waals surface area contributed by atoms with Crippen LogP contribution in [0.5, 0.6) is 0 Å². The molecule has 1 heterocycles. The molecule has 3 rings (SSSR count). The molecule has 0 aromatic heterocycles. The van der Waals surface area contributed by atoms with E-state index in [9.17, 15) is 14.4 Å². The van der Waals surface area contributed by atoms with Gasteiger partial charge in [0.05, 0.1) is 17.9 Å². The van der Waals surface area contributed by atoms with Crippen LogP contribution in [0.1, 0.15) is 44.2 Å². The number of imide groups is 1. The van der Waals surface area contributed by atoms with Crippen molar-refractivity contribution in [2.75, 3.05) is 6.54 Å². The number of likely N-dealkylation sites (tertiary alicyclic amines) is 1. The Morgan fingerprint density at radius 3 is 2.38 bits per heavy atom. The van der Waals surface area contributed by atoms with Crippen molar-refractivity contribution in [3.63, 3.8) is 0 Å². The van der Waals surface area contributed by atoms with E-state index in [1.165, 1.54) is 0 Å². The third-order valence-corrected chi connectivity index (χ3v) is 5.33. The van der Waals surface area contributed by atoms with Gasteiger partial charge in [0.1, 0.15) is 6.54 Å². The lowest BCUT2D eigenvalue weighted by Crippen LogP contribution is -2.41. The topological polar surface area (TPSA) is 66.5 Å². The number of rotatable bonds is 4. The molecule has 3 atom stereocenters. The van der Waals surface area contributed by atoms with Crippen LogP contribution in [0, 0.1) is 11.8 Å². The van der Waals surface area contributed by atoms with Crippen molar-refractivity contribution >= 4 is 29.3 Å². The molecule has 0 bridgehead atoms. The molecule has 1 saturated carbocycles. The van der Waals surface area contributed by atoms with Crippen molar-refractivity contribution in [3.05, 3.63) is 34.9 Å². The minimum atomic E-state index is -0.345. The first-order chi connectivity index (χ1) is 11.5. The van der Waals surface area contributed by atoms with Crippen molar-refractivity contribution < 1.29 is 14.4 Å². The first-order valence-corrected chi connectivity index (χ1v) is 8.76. The quantitative estimate of drug-likeness (QED) is 0.851. The van der Waals surface area contributed by atoms with Gasteiger partial charge in [-0.3, -0.25) is 19.3 Å². The summed E-state index contributed by atoms with van der Waals surface area (Å²) in [5.74, 6) is -1.17. The van der Waals surface area contributed by atoms with E-state index in [0.717, 1.165) is 36.1 Å². The predicted octanol–water partition coefficient (Wildman–Crippen LogP) is 2.69. The molecule has 1 aliphatic heterocycles. The summed E-state index contributed by atoms with van der Waals surface area (Å²) in [7, 11) is 0. The van der Waals surface area contributed by atoms with Crippen molar-refractivity contribution in [2.45, 2.75) is 38.6 Å². The van der Waals surface area contributed by atoms with Gasteiger partial charge < -0.3 is 5.32 Å². The fourth-order valence-corrected chi connectivity index (χ4v) is 4.02. The zero-order valence-corrected chi connectivity index (χ0v) is 14.4. The fraction of sp³-hybridized carbons (Fsp3) is 0.500. The Kier molecular flexibility index (Phi) is 4.90. The molecule has 0 radical (unpaired) electrons. The Hall–Kier alpha value is -1.88. The summed E-state index contributed by atoms with van der Waals surface area (Å²) in [6.07, 6.45) is 3.46. The van der Waals surface area contributed by atoms with Gasteiger partial charge in [0.2, 0.25) is 17.7 Å². The molecule has 128 valence electrons. The molecular formula is C18H21ClN2O3. The summed E-state index contributed by atoms with van der Waals surface area (Å²) >= 11 is 6.13. The first-order valence-electron chi connectivity index (χ1n) is 8.38. The van der Waals surface area contributed by atoms with Crippen LogP contribution in [0.4, 0.5) is 0 Å². The number of amides is 3. The number of halogens is 1. The average Bonchev–Trinajstić information content (AvgIpc) is 2.80. The van der Waals surface area contributed by atoms with Gasteiger partial charge in [0.25, 0.3) is 0 Å². The number of carbonyl (C=O) groups excluding carboxylic acids is 3. The van der Waals surface area contributed by atoms with Crippen molar-refractivity contribution in [1.82, 2.24) is 10.2 Å². The highest BCUT2D eigenvalue weighted by atomic mass is 35.5. The Bertz CT molecular complexity index is 652. The average molecular weight is 349 g/mol. The van der Waals surface area contributed by atoms with Gasteiger partial charge in [0.15, 0.2) is 0 Å². The molecule has 3 amide bonds. The highest BCUT2D eigenvalue weighted by molar-refractivity contribution is 6.31. The first kappa shape index (κ1) is 17.0. The molecule has 5 nitrogen and oxygen atoms in total. The maximum absolute atomic E-state index is 12.4. The second-order valence-electron chi connectivity index (χ2n) is 6.57. The number of hydrogen-bond donors (Lipinski definition) is 1. The molecule has 0 unspecified atom stereocenters. The van der Waals surface area contributed by atoms with Crippen LogP contribution in [0.3, 0.4) is 0 Å². The SMILES string of the molecule is C[C@@H](NC(=O)CN1C(=O)[C@H]2CCCC[C@H]2C1=O)c1ccccc1Cl. The third kappa shape index (κ3) is 3.18. The third-order valence-electron chi connectivity index (χ3n) is 4.98. The Balaban J connectivity index is 1.63. The van der Waals surface area contributed by atoms with Gasteiger partial charge in [-0.15, -0.1) is 0 Å². The molecule has 1 N–H and O–H groups in total. The zero-order chi connectivity index (χ0) is 17.3. The number of nitrogens with one attached hydrogen (secondary N) is 1. The molecular weight excluding hydrogens is 328 g/mol. The van der Waals surface area contributed by atoms with Gasteiger partial charge in [-0.25, -0.2) is 0 Å². The molecule has 2 fully saturated rings. The number of nitrogens with zero attached hydrogens (tertiary/aromatic N) is 1. The van der Waals surface area contributed by atoms with Crippen molar-refractivity contribution in [2.24, 2.45) is 11.8 Å². The number of carbonyl (C=O) groups is 3. The predicted molar refractivity (Wildman–Crippen MR) is 90.2 cm³/mol. The van der Waals surface area contributed by atoms with Gasteiger partial charge in [-0.05, 0) is 31.4 Å². The zero-order valence-electron chi connectivity index (χ0n) is 13.6. The van der Waals surface area contributed by atoms with E-state index in [0.29, 0.717) is 5.02 Å². The number of hydrogen-bond acceptors (Lipinski definition) is 3. The fourth-order valence-electron chi connectivity index (χ4n) is 3.72. The molecule has 0 spiro atoms. The van der Waals surface area contributed by atoms with Crippen LogP contribution in [-0.4, -0.2) is 29.2 Å². The molecule has 1 aromatic rings. The second-order valence-corrected chi connectivity index (χ2v) is 6.98. The lowest BCUT2D eigenvalue weighted by molar-refractivity contribution is -0.143. The largest absolute Gasteiger partial charge is 0.348 e. The van der Waals surface area contributed by atoms with Crippen LogP contribution < -0.4 is 5.32 Å². The maximum atomic E-state index is 12.4. The van der Waals surface area contributed by atoms with Gasteiger partial charge >= 0.3 is 0 Å². The van der Waals surface area contributed by atoms with Gasteiger partial charge in [-0.1, -0.05) is 42.6 Å². The highest BCUT2D eigenvalue weighted by Crippen LogP contribution is 2.37. The van der Waals surface area contributed by atoms with Gasteiger partial charge in [0, 0.05) is 5.02 Å². The monoisotopic (exact) mass is 348 g/mol. The summed E-state index contributed by atoms with van der Waals surface area (Å²) in [5, 5.41) is 3.39. The maximum Gasteiger partial charge on any atom is 0.240 e. The summed E-state index contributed by atoms with van der Waals surface area (Å²) in [4.78, 5) is 38.2. The van der Waals surface area contributed by atoms with E-state index >= 15 is 0 Å². The molecule has 1 saturated heterocycles. The standard InChI is InChI=1S/C18H21ClN2O3/c1-11(12-6-4-5-9-15(12)19)20-16(22)10-21-17(23)13-7-2-3-8-14(13)18(21)24/h4-6,9,11,13-14H,2-3,7-8,10H2,1H3,(H,20,22)/t11-,13-,14+/m1/s1. The van der Waals surface area contributed by atoms with E-state index in [4.69, 9.17) is 11.6 Å². The van der Waals surface area contributed by atoms with E-state index in [2.05, 4.69) is 5.32 Å². The summed E-state index contributed by atoms with van der Waals surface area (Å²) in [6.45, 7) is 1.62. The van der Waals surface area contributed by atoms with Crippen LogP contribution in [0.25, 0.3) is 0 Å². The Morgan fingerprint density at radius 1 is 1.21 bits per heavy atom. The number of benzene rings is 1. The highest BCUT2D eigenvalue weighted by Gasteiger charge is 2.48. The Labute approximate surface area is 146 Å². The molecule has 6 heteroatoms. The molecule has 1 aromatic carbocycles. The normalized spacial score (nSPS) is 24.7. The van der Waals surface area contributed by atoms with Crippen molar-refractivity contribution in [1.29, 1.82) is 0 Å². The second kappa shape index (κ2) is 6.93. The van der Waals surface area contributed by atoms with E-state index in [-0.39, 0.29) is 42.1 Å². The lowest BCUT2D eigenvalue weighted by atomic mass is 9.81. The minimum absolute atomic E-state index is 0.190. The summed E-state index contributed by atoms with van der Waals surface area (Å²) in [5.41, 5.74) is 0.806. The minimum Gasteiger partial charge on any atom is -0.348 e. The van der Waals surface area contributed by atoms with E-state index < -0.39 is 0 Å². The Morgan fingerprint density at radius 2 is 1.79 bits per heavy atom. The molecule has 1 aliphatic carbocycles. The van der Waals surface area contributed by atoms with Crippen LogP contribution in [0.2, 0.25) is 5.02 Å². The molecule has 24 heavy (non-hydrogen) atoms. The summed E-state index contributed by atoms with van der Waals surface area (Å²) in [6, 6.07) is 6.98. The lowest BCUT2D eigenvalue weighted by Gasteiger charge is -2.19. The van der Waals surface area contributed by atoms with E-state index in [1.54, 1.807) is 6.07 Å². The molecule has 2 aliphatic rings. The van der Waals surface area contributed by atoms with Crippen LogP contribution in [-0.2, 0) is 14.4 Å². The summed E-state index contributed by atoms with van der Waals surface area (Å²) < 4.78 is 0. The van der Waals surface area contributed by atoms with Crippen LogP contribution >= 0.6 is 11.6 Å². The van der Waals surface area contributed by atoms with E-state index in [1.807, 2.05) is 25.1 Å². The van der Waals surface area contributed by atoms with Gasteiger partial charge in [-0.2, -0.15) is 0 Å². The number of fused-ring (bicyclic) bond motifs is 1. The van der Waals surface area contributed by atoms with Crippen LogP contribution in [0.15, 0.2) is 24.3 Å². The van der Waals surface area contributed by atoms with Crippen molar-refractivity contribution in [3.8, 4) is 0 Å². The smallest absolute Gasteiger partial charge is 0.240 e.